The Morgan fingerprint density at radius 2 is 2.05 bits per heavy atom. The van der Waals surface area contributed by atoms with Crippen LogP contribution in [0.4, 0.5) is 5.82 Å². The van der Waals surface area contributed by atoms with E-state index in [-0.39, 0.29) is 6.10 Å². The first-order chi connectivity index (χ1) is 9.69. The molecule has 2 heterocycles. The molecule has 0 saturated heterocycles. The fourth-order valence-corrected chi connectivity index (χ4v) is 1.73. The minimum absolute atomic E-state index is 0.112. The second kappa shape index (κ2) is 6.75. The number of ether oxygens (including phenoxy) is 2. The molecular formula is C15H19N3O2. The van der Waals surface area contributed by atoms with Crippen molar-refractivity contribution < 1.29 is 9.47 Å². The number of anilines is 1. The second-order valence-electron chi connectivity index (χ2n) is 4.58. The summed E-state index contributed by atoms with van der Waals surface area (Å²) in [7, 11) is 1.60. The number of hydrogen-bond donors (Lipinski definition) is 1. The van der Waals surface area contributed by atoms with Crippen molar-refractivity contribution in [1.29, 1.82) is 0 Å². The van der Waals surface area contributed by atoms with Gasteiger partial charge in [0.15, 0.2) is 11.6 Å². The van der Waals surface area contributed by atoms with Gasteiger partial charge in [-0.2, -0.15) is 0 Å². The third-order valence-electron chi connectivity index (χ3n) is 2.60. The van der Waals surface area contributed by atoms with Crippen LogP contribution in [-0.2, 0) is 6.54 Å². The first-order valence-corrected chi connectivity index (χ1v) is 6.53. The zero-order chi connectivity index (χ0) is 14.4. The van der Waals surface area contributed by atoms with Crippen LogP contribution in [0.2, 0.25) is 0 Å². The van der Waals surface area contributed by atoms with Crippen LogP contribution in [0.25, 0.3) is 0 Å². The molecule has 5 heteroatoms. The summed E-state index contributed by atoms with van der Waals surface area (Å²) in [5.41, 5.74) is 1.07. The van der Waals surface area contributed by atoms with Gasteiger partial charge in [-0.15, -0.1) is 0 Å². The highest BCUT2D eigenvalue weighted by Gasteiger charge is 2.06. The van der Waals surface area contributed by atoms with Crippen molar-refractivity contribution in [2.24, 2.45) is 0 Å². The lowest BCUT2D eigenvalue weighted by Gasteiger charge is -2.14. The molecule has 0 bridgehead atoms. The molecule has 0 aromatic carbocycles. The number of hydrogen-bond acceptors (Lipinski definition) is 5. The molecule has 0 atom stereocenters. The third-order valence-corrected chi connectivity index (χ3v) is 2.60. The summed E-state index contributed by atoms with van der Waals surface area (Å²) in [6.07, 6.45) is 3.57. The normalized spacial score (nSPS) is 10.4. The molecule has 0 unspecified atom stereocenters. The molecule has 0 amide bonds. The molecule has 2 aromatic rings. The van der Waals surface area contributed by atoms with Crippen molar-refractivity contribution in [1.82, 2.24) is 9.97 Å². The maximum Gasteiger partial charge on any atom is 0.213 e. The monoisotopic (exact) mass is 273 g/mol. The molecule has 2 aromatic heterocycles. The van der Waals surface area contributed by atoms with Crippen molar-refractivity contribution in [3.8, 4) is 11.6 Å². The van der Waals surface area contributed by atoms with Crippen LogP contribution in [0.1, 0.15) is 19.4 Å². The van der Waals surface area contributed by atoms with Gasteiger partial charge in [-0.25, -0.2) is 9.97 Å². The number of nitrogens with one attached hydrogen (secondary N) is 1. The van der Waals surface area contributed by atoms with Crippen LogP contribution in [0, 0.1) is 0 Å². The Morgan fingerprint density at radius 1 is 1.20 bits per heavy atom. The second-order valence-corrected chi connectivity index (χ2v) is 4.58. The van der Waals surface area contributed by atoms with Crippen LogP contribution in [0.15, 0.2) is 36.7 Å². The van der Waals surface area contributed by atoms with Crippen molar-refractivity contribution in [2.45, 2.75) is 26.5 Å². The first kappa shape index (κ1) is 14.1. The average Bonchev–Trinajstić information content (AvgIpc) is 2.46. The highest BCUT2D eigenvalue weighted by molar-refractivity contribution is 5.49. The highest BCUT2D eigenvalue weighted by atomic mass is 16.5. The van der Waals surface area contributed by atoms with E-state index >= 15 is 0 Å². The quantitative estimate of drug-likeness (QED) is 0.877. The van der Waals surface area contributed by atoms with Gasteiger partial charge in [0.1, 0.15) is 0 Å². The minimum Gasteiger partial charge on any atom is -0.487 e. The predicted molar refractivity (Wildman–Crippen MR) is 78.1 cm³/mol. The Balaban J connectivity index is 2.06. The van der Waals surface area contributed by atoms with Crippen LogP contribution < -0.4 is 14.8 Å². The molecule has 106 valence electrons. The molecule has 0 aliphatic rings. The van der Waals surface area contributed by atoms with Gasteiger partial charge in [0, 0.05) is 25.0 Å². The molecule has 0 fully saturated rings. The number of methoxy groups -OCH3 is 1. The maximum atomic E-state index is 5.72. The number of nitrogens with zero attached hydrogens (tertiary/aromatic N) is 2. The van der Waals surface area contributed by atoms with Gasteiger partial charge in [0.05, 0.1) is 13.2 Å². The molecule has 0 radical (unpaired) electrons. The zero-order valence-electron chi connectivity index (χ0n) is 12.0. The van der Waals surface area contributed by atoms with Crippen molar-refractivity contribution in [2.75, 3.05) is 12.4 Å². The van der Waals surface area contributed by atoms with Gasteiger partial charge in [-0.3, -0.25) is 0 Å². The van der Waals surface area contributed by atoms with Gasteiger partial charge < -0.3 is 14.8 Å². The lowest BCUT2D eigenvalue weighted by molar-refractivity contribution is 0.243. The first-order valence-electron chi connectivity index (χ1n) is 6.53. The molecule has 5 nitrogen and oxygen atoms in total. The molecule has 0 aliphatic carbocycles. The van der Waals surface area contributed by atoms with Crippen LogP contribution >= 0.6 is 0 Å². The molecule has 20 heavy (non-hydrogen) atoms. The molecule has 0 spiro atoms. The average molecular weight is 273 g/mol. The number of rotatable bonds is 6. The summed E-state index contributed by atoms with van der Waals surface area (Å²) in [6, 6.07) is 7.58. The Bertz CT molecular complexity index is 558. The Morgan fingerprint density at radius 3 is 2.80 bits per heavy atom. The van der Waals surface area contributed by atoms with Crippen LogP contribution in [0.3, 0.4) is 0 Å². The fraction of sp³-hybridized carbons (Fsp3) is 0.333. The van der Waals surface area contributed by atoms with E-state index in [1.54, 1.807) is 19.5 Å². The van der Waals surface area contributed by atoms with E-state index in [2.05, 4.69) is 15.3 Å². The smallest absolute Gasteiger partial charge is 0.213 e. The molecule has 0 saturated carbocycles. The summed E-state index contributed by atoms with van der Waals surface area (Å²) in [5.74, 6) is 2.09. The summed E-state index contributed by atoms with van der Waals surface area (Å²) in [6.45, 7) is 4.61. The van der Waals surface area contributed by atoms with E-state index in [9.17, 15) is 0 Å². The Hall–Kier alpha value is -2.30. The standard InChI is InChI=1S/C15H19N3O2/c1-11(2)20-13-5-4-7-17-15(13)18-10-12-6-8-16-14(9-12)19-3/h4-9,11H,10H2,1-3H3,(H,17,18). The summed E-state index contributed by atoms with van der Waals surface area (Å²) in [4.78, 5) is 8.39. The van der Waals surface area contributed by atoms with Gasteiger partial charge in [0.2, 0.25) is 5.88 Å². The SMILES string of the molecule is COc1cc(CNc2ncccc2OC(C)C)ccn1. The van der Waals surface area contributed by atoms with E-state index in [0.717, 1.165) is 17.1 Å². The van der Waals surface area contributed by atoms with Crippen molar-refractivity contribution in [3.63, 3.8) is 0 Å². The summed E-state index contributed by atoms with van der Waals surface area (Å²) >= 11 is 0. The third kappa shape index (κ3) is 3.85. The maximum absolute atomic E-state index is 5.72. The Labute approximate surface area is 119 Å². The van der Waals surface area contributed by atoms with E-state index < -0.39 is 0 Å². The topological polar surface area (TPSA) is 56.3 Å². The highest BCUT2D eigenvalue weighted by Crippen LogP contribution is 2.23. The molecular weight excluding hydrogens is 254 g/mol. The Kier molecular flexibility index (Phi) is 4.76. The summed E-state index contributed by atoms with van der Waals surface area (Å²) in [5, 5.41) is 3.27. The van der Waals surface area contributed by atoms with Crippen molar-refractivity contribution >= 4 is 5.82 Å². The van der Waals surface area contributed by atoms with Gasteiger partial charge in [-0.1, -0.05) is 0 Å². The minimum atomic E-state index is 0.112. The van der Waals surface area contributed by atoms with Crippen LogP contribution in [-0.4, -0.2) is 23.2 Å². The number of aromatic nitrogens is 2. The van der Waals surface area contributed by atoms with Gasteiger partial charge in [-0.05, 0) is 37.6 Å². The molecule has 1 N–H and O–H groups in total. The zero-order valence-corrected chi connectivity index (χ0v) is 12.0. The van der Waals surface area contributed by atoms with Gasteiger partial charge in [0.25, 0.3) is 0 Å². The van der Waals surface area contributed by atoms with E-state index in [1.165, 1.54) is 0 Å². The fourth-order valence-electron chi connectivity index (χ4n) is 1.73. The van der Waals surface area contributed by atoms with E-state index in [4.69, 9.17) is 9.47 Å². The lowest BCUT2D eigenvalue weighted by Crippen LogP contribution is -2.09. The lowest BCUT2D eigenvalue weighted by atomic mass is 10.2. The largest absolute Gasteiger partial charge is 0.487 e. The predicted octanol–water partition coefficient (Wildman–Crippen LogP) is 2.88. The van der Waals surface area contributed by atoms with Gasteiger partial charge >= 0.3 is 0 Å². The molecule has 2 rings (SSSR count). The van der Waals surface area contributed by atoms with Crippen molar-refractivity contribution in [3.05, 3.63) is 42.2 Å². The van der Waals surface area contributed by atoms with Crippen LogP contribution in [0.5, 0.6) is 11.6 Å². The number of pyridine rings is 2. The van der Waals surface area contributed by atoms with E-state index in [0.29, 0.717) is 12.4 Å². The molecule has 0 aliphatic heterocycles. The summed E-state index contributed by atoms with van der Waals surface area (Å²) < 4.78 is 10.8. The van der Waals surface area contributed by atoms with E-state index in [1.807, 2.05) is 38.1 Å².